The molecular formula is C24H31ClN2O3S. The van der Waals surface area contributed by atoms with Crippen molar-refractivity contribution in [1.82, 2.24) is 10.2 Å². The number of rotatable bonds is 11. The van der Waals surface area contributed by atoms with E-state index in [0.29, 0.717) is 35.5 Å². The number of nitrogens with one attached hydrogen (secondary N) is 1. The SMILES string of the molecule is COc1ccc(CSCC(=O)N(Cc2ccc(Cl)cc2)[C@@H](C)C(=O)NCC(C)C)cc1. The number of ether oxygens (including phenoxy) is 1. The zero-order chi connectivity index (χ0) is 22.8. The summed E-state index contributed by atoms with van der Waals surface area (Å²) < 4.78 is 5.18. The van der Waals surface area contributed by atoms with Crippen molar-refractivity contribution in [2.75, 3.05) is 19.4 Å². The van der Waals surface area contributed by atoms with Gasteiger partial charge in [0, 0.05) is 23.9 Å². The Morgan fingerprint density at radius 1 is 1.03 bits per heavy atom. The first-order valence-electron chi connectivity index (χ1n) is 10.3. The fraction of sp³-hybridized carbons (Fsp3) is 0.417. The lowest BCUT2D eigenvalue weighted by atomic mass is 10.1. The first kappa shape index (κ1) is 25.1. The Hall–Kier alpha value is -2.18. The van der Waals surface area contributed by atoms with Crippen molar-refractivity contribution in [3.8, 4) is 5.75 Å². The highest BCUT2D eigenvalue weighted by Gasteiger charge is 2.26. The molecule has 0 radical (unpaired) electrons. The summed E-state index contributed by atoms with van der Waals surface area (Å²) in [5.74, 6) is 1.94. The molecule has 1 N–H and O–H groups in total. The van der Waals surface area contributed by atoms with Crippen molar-refractivity contribution in [2.45, 2.75) is 39.1 Å². The van der Waals surface area contributed by atoms with E-state index in [1.165, 1.54) is 11.8 Å². The monoisotopic (exact) mass is 462 g/mol. The zero-order valence-electron chi connectivity index (χ0n) is 18.6. The molecule has 2 aromatic carbocycles. The molecule has 0 bridgehead atoms. The molecule has 2 rings (SSSR count). The predicted octanol–water partition coefficient (Wildman–Crippen LogP) is 4.77. The summed E-state index contributed by atoms with van der Waals surface area (Å²) in [5.41, 5.74) is 2.05. The minimum atomic E-state index is -0.566. The molecule has 0 saturated heterocycles. The molecule has 0 spiro atoms. The number of nitrogens with zero attached hydrogens (tertiary/aromatic N) is 1. The van der Waals surface area contributed by atoms with Gasteiger partial charge in [0.1, 0.15) is 11.8 Å². The zero-order valence-corrected chi connectivity index (χ0v) is 20.1. The molecule has 0 aliphatic rings. The van der Waals surface area contributed by atoms with E-state index in [9.17, 15) is 9.59 Å². The van der Waals surface area contributed by atoms with Crippen LogP contribution in [0.25, 0.3) is 0 Å². The van der Waals surface area contributed by atoms with Crippen molar-refractivity contribution in [3.05, 3.63) is 64.7 Å². The van der Waals surface area contributed by atoms with Crippen molar-refractivity contribution < 1.29 is 14.3 Å². The molecule has 0 aliphatic heterocycles. The van der Waals surface area contributed by atoms with Gasteiger partial charge < -0.3 is 15.0 Å². The van der Waals surface area contributed by atoms with Gasteiger partial charge in [0.05, 0.1) is 12.9 Å². The molecule has 0 aromatic heterocycles. The Morgan fingerprint density at radius 2 is 1.65 bits per heavy atom. The van der Waals surface area contributed by atoms with Gasteiger partial charge in [-0.05, 0) is 48.2 Å². The lowest BCUT2D eigenvalue weighted by Crippen LogP contribution is -2.48. The number of benzene rings is 2. The van der Waals surface area contributed by atoms with Crippen LogP contribution in [0.5, 0.6) is 5.75 Å². The normalized spacial score (nSPS) is 11.8. The average Bonchev–Trinajstić information content (AvgIpc) is 2.76. The molecule has 0 saturated carbocycles. The van der Waals surface area contributed by atoms with E-state index < -0.39 is 6.04 Å². The number of halogens is 1. The fourth-order valence-electron chi connectivity index (χ4n) is 2.88. The van der Waals surface area contributed by atoms with Gasteiger partial charge in [-0.2, -0.15) is 0 Å². The maximum Gasteiger partial charge on any atom is 0.242 e. The standard InChI is InChI=1S/C24H31ClN2O3S/c1-17(2)13-26-24(29)18(3)27(14-19-5-9-21(25)10-6-19)23(28)16-31-15-20-7-11-22(30-4)12-8-20/h5-12,17-18H,13-16H2,1-4H3,(H,26,29)/t18-/m0/s1. The molecule has 0 fully saturated rings. The maximum absolute atomic E-state index is 13.1. The van der Waals surface area contributed by atoms with Gasteiger partial charge in [-0.25, -0.2) is 0 Å². The quantitative estimate of drug-likeness (QED) is 0.522. The second-order valence-electron chi connectivity index (χ2n) is 7.80. The number of hydrogen-bond donors (Lipinski definition) is 1. The molecule has 7 heteroatoms. The van der Waals surface area contributed by atoms with E-state index in [4.69, 9.17) is 16.3 Å². The summed E-state index contributed by atoms with van der Waals surface area (Å²) in [6.07, 6.45) is 0. The molecule has 5 nitrogen and oxygen atoms in total. The second-order valence-corrected chi connectivity index (χ2v) is 9.23. The molecule has 0 unspecified atom stereocenters. The van der Waals surface area contributed by atoms with Gasteiger partial charge in [-0.15, -0.1) is 11.8 Å². The Bertz CT molecular complexity index is 841. The smallest absolute Gasteiger partial charge is 0.242 e. The van der Waals surface area contributed by atoms with Gasteiger partial charge in [0.25, 0.3) is 0 Å². The van der Waals surface area contributed by atoms with Crippen molar-refractivity contribution in [1.29, 1.82) is 0 Å². The number of carbonyl (C=O) groups is 2. The number of carbonyl (C=O) groups excluding carboxylic acids is 2. The van der Waals surface area contributed by atoms with Gasteiger partial charge >= 0.3 is 0 Å². The minimum absolute atomic E-state index is 0.0688. The first-order chi connectivity index (χ1) is 14.8. The number of amides is 2. The molecule has 2 aromatic rings. The summed E-state index contributed by atoms with van der Waals surface area (Å²) >= 11 is 7.52. The minimum Gasteiger partial charge on any atom is -0.497 e. The highest BCUT2D eigenvalue weighted by atomic mass is 35.5. The first-order valence-corrected chi connectivity index (χ1v) is 11.9. The van der Waals surface area contributed by atoms with Crippen LogP contribution in [-0.4, -0.2) is 42.2 Å². The van der Waals surface area contributed by atoms with Crippen LogP contribution < -0.4 is 10.1 Å². The molecular weight excluding hydrogens is 432 g/mol. The summed E-state index contributed by atoms with van der Waals surface area (Å²) in [4.78, 5) is 27.4. The van der Waals surface area contributed by atoms with Crippen LogP contribution in [0.1, 0.15) is 31.9 Å². The van der Waals surface area contributed by atoms with Gasteiger partial charge in [-0.1, -0.05) is 49.7 Å². The molecule has 1 atom stereocenters. The molecule has 168 valence electrons. The summed E-state index contributed by atoms with van der Waals surface area (Å²) in [7, 11) is 1.64. The van der Waals surface area contributed by atoms with Gasteiger partial charge in [0.2, 0.25) is 11.8 Å². The van der Waals surface area contributed by atoms with Gasteiger partial charge in [-0.3, -0.25) is 9.59 Å². The Labute approximate surface area is 194 Å². The van der Waals surface area contributed by atoms with E-state index >= 15 is 0 Å². The van der Waals surface area contributed by atoms with Crippen molar-refractivity contribution in [2.24, 2.45) is 5.92 Å². The summed E-state index contributed by atoms with van der Waals surface area (Å²) in [6.45, 7) is 6.79. The highest BCUT2D eigenvalue weighted by molar-refractivity contribution is 7.99. The van der Waals surface area contributed by atoms with Gasteiger partial charge in [0.15, 0.2) is 0 Å². The van der Waals surface area contributed by atoms with E-state index in [0.717, 1.165) is 16.9 Å². The summed E-state index contributed by atoms with van der Waals surface area (Å²) in [6, 6.07) is 14.6. The molecule has 0 aliphatic carbocycles. The van der Waals surface area contributed by atoms with E-state index in [1.54, 1.807) is 31.1 Å². The second kappa shape index (κ2) is 12.6. The highest BCUT2D eigenvalue weighted by Crippen LogP contribution is 2.19. The summed E-state index contributed by atoms with van der Waals surface area (Å²) in [5, 5.41) is 3.57. The molecule has 31 heavy (non-hydrogen) atoms. The third-order valence-electron chi connectivity index (χ3n) is 4.77. The Morgan fingerprint density at radius 3 is 2.23 bits per heavy atom. The predicted molar refractivity (Wildman–Crippen MR) is 128 cm³/mol. The topological polar surface area (TPSA) is 58.6 Å². The van der Waals surface area contributed by atoms with Crippen LogP contribution in [0.15, 0.2) is 48.5 Å². The fourth-order valence-corrected chi connectivity index (χ4v) is 3.88. The largest absolute Gasteiger partial charge is 0.497 e. The van der Waals surface area contributed by atoms with Crippen LogP contribution in [0.4, 0.5) is 0 Å². The van der Waals surface area contributed by atoms with Crippen LogP contribution >= 0.6 is 23.4 Å². The third kappa shape index (κ3) is 8.46. The molecule has 0 heterocycles. The lowest BCUT2D eigenvalue weighted by molar-refractivity contribution is -0.138. The van der Waals surface area contributed by atoms with Crippen LogP contribution in [0.2, 0.25) is 5.02 Å². The van der Waals surface area contributed by atoms with E-state index in [-0.39, 0.29) is 11.8 Å². The Balaban J connectivity index is 2.03. The van der Waals surface area contributed by atoms with E-state index in [2.05, 4.69) is 5.32 Å². The number of hydrogen-bond acceptors (Lipinski definition) is 4. The van der Waals surface area contributed by atoms with Crippen molar-refractivity contribution >= 4 is 35.2 Å². The maximum atomic E-state index is 13.1. The van der Waals surface area contributed by atoms with Crippen molar-refractivity contribution in [3.63, 3.8) is 0 Å². The Kier molecular flexibility index (Phi) is 10.2. The third-order valence-corrected chi connectivity index (χ3v) is 6.01. The number of methoxy groups -OCH3 is 1. The average molecular weight is 463 g/mol. The number of thioether (sulfide) groups is 1. The lowest BCUT2D eigenvalue weighted by Gasteiger charge is -2.29. The molecule has 2 amide bonds. The van der Waals surface area contributed by atoms with Crippen LogP contribution in [-0.2, 0) is 21.9 Å². The van der Waals surface area contributed by atoms with Crippen LogP contribution in [0, 0.1) is 5.92 Å². The van der Waals surface area contributed by atoms with Crippen LogP contribution in [0.3, 0.4) is 0 Å². The van der Waals surface area contributed by atoms with E-state index in [1.807, 2.05) is 50.2 Å².